The van der Waals surface area contributed by atoms with Gasteiger partial charge in [-0.25, -0.2) is 0 Å². The maximum absolute atomic E-state index is 11.8. The quantitative estimate of drug-likeness (QED) is 0.882. The predicted molar refractivity (Wildman–Crippen MR) is 72.3 cm³/mol. The molecule has 5 heteroatoms. The number of hydrogen-bond donors (Lipinski definition) is 2. The van der Waals surface area contributed by atoms with Crippen LogP contribution in [0.1, 0.15) is 19.3 Å². The Hall–Kier alpha value is -1.26. The number of nitrogens with one attached hydrogen (secondary N) is 2. The van der Waals surface area contributed by atoms with Gasteiger partial charge in [0.25, 0.3) is 0 Å². The van der Waals surface area contributed by atoms with Gasteiger partial charge in [-0.2, -0.15) is 0 Å². The molecule has 4 nitrogen and oxygen atoms in total. The summed E-state index contributed by atoms with van der Waals surface area (Å²) in [5.74, 6) is 0.576. The summed E-state index contributed by atoms with van der Waals surface area (Å²) in [7, 11) is 1.55. The smallest absolute Gasteiger partial charge is 0.225 e. The lowest BCUT2D eigenvalue weighted by molar-refractivity contribution is -0.116. The highest BCUT2D eigenvalue weighted by atomic mass is 35.5. The number of amides is 1. The zero-order valence-corrected chi connectivity index (χ0v) is 11.1. The zero-order valence-electron chi connectivity index (χ0n) is 10.3. The Morgan fingerprint density at radius 1 is 1.61 bits per heavy atom. The number of carbonyl (C=O) groups is 1. The standard InChI is InChI=1S/C13H17ClN2O2/c1-18-12-7-10(4-5-11(12)14)16-13(17)8-9-3-2-6-15-9/h4-5,7,9,15H,2-3,6,8H2,1H3,(H,16,17). The third kappa shape index (κ3) is 3.37. The Kier molecular flexibility index (Phi) is 4.44. The molecule has 1 amide bonds. The fraction of sp³-hybridized carbons (Fsp3) is 0.462. The number of halogens is 1. The van der Waals surface area contributed by atoms with Crippen molar-refractivity contribution in [1.29, 1.82) is 0 Å². The van der Waals surface area contributed by atoms with Gasteiger partial charge in [0.05, 0.1) is 12.1 Å². The van der Waals surface area contributed by atoms with Crippen LogP contribution in [-0.2, 0) is 4.79 Å². The van der Waals surface area contributed by atoms with E-state index in [9.17, 15) is 4.79 Å². The first-order valence-corrected chi connectivity index (χ1v) is 6.43. The highest BCUT2D eigenvalue weighted by molar-refractivity contribution is 6.32. The van der Waals surface area contributed by atoms with Crippen molar-refractivity contribution >= 4 is 23.2 Å². The Morgan fingerprint density at radius 2 is 2.44 bits per heavy atom. The van der Waals surface area contributed by atoms with E-state index in [2.05, 4.69) is 10.6 Å². The summed E-state index contributed by atoms with van der Waals surface area (Å²) in [6.45, 7) is 1.01. The van der Waals surface area contributed by atoms with Gasteiger partial charge >= 0.3 is 0 Å². The van der Waals surface area contributed by atoms with Crippen LogP contribution in [0, 0.1) is 0 Å². The minimum absolute atomic E-state index is 0.0128. The van der Waals surface area contributed by atoms with Crippen LogP contribution >= 0.6 is 11.6 Å². The van der Waals surface area contributed by atoms with Crippen molar-refractivity contribution in [3.63, 3.8) is 0 Å². The summed E-state index contributed by atoms with van der Waals surface area (Å²) in [6.07, 6.45) is 2.72. The van der Waals surface area contributed by atoms with Gasteiger partial charge in [-0.1, -0.05) is 11.6 Å². The van der Waals surface area contributed by atoms with Crippen molar-refractivity contribution in [3.05, 3.63) is 23.2 Å². The Bertz CT molecular complexity index is 431. The number of anilines is 1. The van der Waals surface area contributed by atoms with E-state index in [1.165, 1.54) is 0 Å². The molecule has 0 spiro atoms. The van der Waals surface area contributed by atoms with Crippen LogP contribution in [-0.4, -0.2) is 25.6 Å². The van der Waals surface area contributed by atoms with E-state index >= 15 is 0 Å². The first kappa shape index (κ1) is 13.2. The molecular formula is C13H17ClN2O2. The molecule has 98 valence electrons. The van der Waals surface area contributed by atoms with Crippen molar-refractivity contribution in [2.45, 2.75) is 25.3 Å². The number of methoxy groups -OCH3 is 1. The summed E-state index contributed by atoms with van der Waals surface area (Å²) >= 11 is 5.92. The number of rotatable bonds is 4. The molecule has 0 aromatic heterocycles. The van der Waals surface area contributed by atoms with Crippen molar-refractivity contribution in [3.8, 4) is 5.75 Å². The molecule has 1 aromatic rings. The highest BCUT2D eigenvalue weighted by Gasteiger charge is 2.17. The van der Waals surface area contributed by atoms with E-state index in [1.54, 1.807) is 25.3 Å². The molecule has 0 bridgehead atoms. The monoisotopic (exact) mass is 268 g/mol. The normalized spacial score (nSPS) is 18.7. The Balaban J connectivity index is 1.93. The summed E-state index contributed by atoms with van der Waals surface area (Å²) in [5, 5.41) is 6.69. The van der Waals surface area contributed by atoms with Gasteiger partial charge in [0, 0.05) is 24.2 Å². The highest BCUT2D eigenvalue weighted by Crippen LogP contribution is 2.27. The largest absolute Gasteiger partial charge is 0.495 e. The van der Waals surface area contributed by atoms with E-state index < -0.39 is 0 Å². The molecular weight excluding hydrogens is 252 g/mol. The summed E-state index contributed by atoms with van der Waals surface area (Å²) < 4.78 is 5.11. The molecule has 1 unspecified atom stereocenters. The van der Waals surface area contributed by atoms with Crippen LogP contribution in [0.2, 0.25) is 5.02 Å². The van der Waals surface area contributed by atoms with E-state index in [0.29, 0.717) is 28.9 Å². The number of benzene rings is 1. The lowest BCUT2D eigenvalue weighted by Gasteiger charge is -2.11. The molecule has 1 fully saturated rings. The third-order valence-corrected chi connectivity index (χ3v) is 3.34. The van der Waals surface area contributed by atoms with Crippen molar-refractivity contribution < 1.29 is 9.53 Å². The average Bonchev–Trinajstić information content (AvgIpc) is 2.84. The fourth-order valence-electron chi connectivity index (χ4n) is 2.10. The number of carbonyl (C=O) groups excluding carboxylic acids is 1. The molecule has 1 aliphatic rings. The lowest BCUT2D eigenvalue weighted by atomic mass is 10.1. The van der Waals surface area contributed by atoms with Gasteiger partial charge in [-0.05, 0) is 31.5 Å². The fourth-order valence-corrected chi connectivity index (χ4v) is 2.30. The van der Waals surface area contributed by atoms with Gasteiger partial charge in [0.15, 0.2) is 0 Å². The molecule has 1 atom stereocenters. The molecule has 1 saturated heterocycles. The molecule has 0 radical (unpaired) electrons. The van der Waals surface area contributed by atoms with Gasteiger partial charge in [-0.15, -0.1) is 0 Å². The number of ether oxygens (including phenoxy) is 1. The maximum atomic E-state index is 11.8. The molecule has 0 saturated carbocycles. The molecule has 0 aliphatic carbocycles. The lowest BCUT2D eigenvalue weighted by Crippen LogP contribution is -2.27. The van der Waals surface area contributed by atoms with E-state index in [0.717, 1.165) is 19.4 Å². The second-order valence-electron chi connectivity index (χ2n) is 4.39. The molecule has 2 rings (SSSR count). The molecule has 2 N–H and O–H groups in total. The predicted octanol–water partition coefficient (Wildman–Crippen LogP) is 2.43. The zero-order chi connectivity index (χ0) is 13.0. The summed E-state index contributed by atoms with van der Waals surface area (Å²) in [6, 6.07) is 5.51. The van der Waals surface area contributed by atoms with Crippen molar-refractivity contribution in [2.24, 2.45) is 0 Å². The third-order valence-electron chi connectivity index (χ3n) is 3.03. The first-order chi connectivity index (χ1) is 8.69. The molecule has 1 heterocycles. The van der Waals surface area contributed by atoms with E-state index in [1.807, 2.05) is 0 Å². The van der Waals surface area contributed by atoms with Crippen LogP contribution in [0.3, 0.4) is 0 Å². The van der Waals surface area contributed by atoms with Crippen molar-refractivity contribution in [1.82, 2.24) is 5.32 Å². The first-order valence-electron chi connectivity index (χ1n) is 6.06. The molecule has 1 aromatic carbocycles. The topological polar surface area (TPSA) is 50.4 Å². The maximum Gasteiger partial charge on any atom is 0.225 e. The summed E-state index contributed by atoms with van der Waals surface area (Å²) in [4.78, 5) is 11.8. The summed E-state index contributed by atoms with van der Waals surface area (Å²) in [5.41, 5.74) is 0.708. The second-order valence-corrected chi connectivity index (χ2v) is 4.80. The minimum Gasteiger partial charge on any atom is -0.495 e. The SMILES string of the molecule is COc1cc(NC(=O)CC2CCCN2)ccc1Cl. The Labute approximate surface area is 112 Å². The van der Waals surface area contributed by atoms with Crippen LogP contribution < -0.4 is 15.4 Å². The van der Waals surface area contributed by atoms with E-state index in [4.69, 9.17) is 16.3 Å². The van der Waals surface area contributed by atoms with Gasteiger partial charge in [-0.3, -0.25) is 4.79 Å². The van der Waals surface area contributed by atoms with Crippen LogP contribution in [0.5, 0.6) is 5.75 Å². The Morgan fingerprint density at radius 3 is 3.11 bits per heavy atom. The van der Waals surface area contributed by atoms with Crippen LogP contribution in [0.4, 0.5) is 5.69 Å². The van der Waals surface area contributed by atoms with Crippen LogP contribution in [0.15, 0.2) is 18.2 Å². The van der Waals surface area contributed by atoms with Gasteiger partial charge in [0.1, 0.15) is 5.75 Å². The minimum atomic E-state index is 0.0128. The molecule has 18 heavy (non-hydrogen) atoms. The van der Waals surface area contributed by atoms with E-state index in [-0.39, 0.29) is 5.91 Å². The number of hydrogen-bond acceptors (Lipinski definition) is 3. The van der Waals surface area contributed by atoms with Crippen LogP contribution in [0.25, 0.3) is 0 Å². The molecule has 1 aliphatic heterocycles. The van der Waals surface area contributed by atoms with Gasteiger partial charge < -0.3 is 15.4 Å². The average molecular weight is 269 g/mol. The second kappa shape index (κ2) is 6.07. The van der Waals surface area contributed by atoms with Gasteiger partial charge in [0.2, 0.25) is 5.91 Å². The van der Waals surface area contributed by atoms with Crippen molar-refractivity contribution in [2.75, 3.05) is 19.0 Å².